The molecule has 0 spiro atoms. The van der Waals surface area contributed by atoms with Gasteiger partial charge in [-0.25, -0.2) is 0 Å². The van der Waals surface area contributed by atoms with E-state index in [1.807, 2.05) is 11.8 Å². The predicted octanol–water partition coefficient (Wildman–Crippen LogP) is 4.13. The van der Waals surface area contributed by atoms with Gasteiger partial charge in [-0.1, -0.05) is 43.7 Å². The van der Waals surface area contributed by atoms with Gasteiger partial charge in [0.1, 0.15) is 0 Å². The number of nitrogens with one attached hydrogen (secondary N) is 1. The molecule has 2 heteroatoms. The minimum Gasteiger partial charge on any atom is -0.314 e. The average molecular weight is 265 g/mol. The number of hydrogen-bond donors (Lipinski definition) is 1. The van der Waals surface area contributed by atoms with E-state index in [4.69, 9.17) is 0 Å². The summed E-state index contributed by atoms with van der Waals surface area (Å²) in [6.45, 7) is 3.44. The molecule has 1 nitrogen and oxygen atoms in total. The van der Waals surface area contributed by atoms with Crippen molar-refractivity contribution in [2.45, 2.75) is 45.1 Å². The highest BCUT2D eigenvalue weighted by Gasteiger charge is 2.05. The summed E-state index contributed by atoms with van der Waals surface area (Å²) in [5, 5.41) is 3.69. The predicted molar refractivity (Wildman–Crippen MR) is 84.5 cm³/mol. The van der Waals surface area contributed by atoms with Crippen molar-refractivity contribution in [2.24, 2.45) is 0 Å². The molecule has 1 atom stereocenters. The van der Waals surface area contributed by atoms with Crippen molar-refractivity contribution in [3.05, 3.63) is 35.9 Å². The molecule has 18 heavy (non-hydrogen) atoms. The molecular weight excluding hydrogens is 238 g/mol. The number of benzene rings is 1. The zero-order chi connectivity index (χ0) is 13.1. The molecule has 0 radical (unpaired) electrons. The van der Waals surface area contributed by atoms with E-state index in [9.17, 15) is 0 Å². The standard InChI is InChI=1S/C16H27NS/c1-3-16(14-15-10-6-4-7-11-15)17-12-8-5-9-13-18-2/h4,6-7,10-11,16-17H,3,5,8-9,12-14H2,1-2H3. The Morgan fingerprint density at radius 3 is 2.56 bits per heavy atom. The van der Waals surface area contributed by atoms with Crippen LogP contribution in [0.25, 0.3) is 0 Å². The summed E-state index contributed by atoms with van der Waals surface area (Å²) in [6, 6.07) is 11.4. The van der Waals surface area contributed by atoms with Crippen LogP contribution in [0.3, 0.4) is 0 Å². The molecule has 1 rings (SSSR count). The molecule has 0 aliphatic heterocycles. The summed E-state index contributed by atoms with van der Waals surface area (Å²) in [6.07, 6.45) is 8.58. The topological polar surface area (TPSA) is 12.0 Å². The van der Waals surface area contributed by atoms with E-state index in [1.54, 1.807) is 0 Å². The minimum atomic E-state index is 0.632. The summed E-state index contributed by atoms with van der Waals surface area (Å²) < 4.78 is 0. The van der Waals surface area contributed by atoms with Crippen LogP contribution in [0.4, 0.5) is 0 Å². The number of hydrogen-bond acceptors (Lipinski definition) is 2. The van der Waals surface area contributed by atoms with Gasteiger partial charge in [0, 0.05) is 6.04 Å². The van der Waals surface area contributed by atoms with Gasteiger partial charge in [-0.05, 0) is 49.8 Å². The highest BCUT2D eigenvalue weighted by Crippen LogP contribution is 2.06. The van der Waals surface area contributed by atoms with Crippen LogP contribution in [0.15, 0.2) is 30.3 Å². The van der Waals surface area contributed by atoms with Crippen molar-refractivity contribution in [3.8, 4) is 0 Å². The second kappa shape index (κ2) is 10.5. The van der Waals surface area contributed by atoms with Crippen molar-refractivity contribution < 1.29 is 0 Å². The summed E-state index contributed by atoms with van der Waals surface area (Å²) in [5.41, 5.74) is 1.44. The normalized spacial score (nSPS) is 12.6. The molecule has 0 fully saturated rings. The Morgan fingerprint density at radius 2 is 1.89 bits per heavy atom. The number of unbranched alkanes of at least 4 members (excludes halogenated alkanes) is 2. The van der Waals surface area contributed by atoms with Crippen LogP contribution >= 0.6 is 11.8 Å². The van der Waals surface area contributed by atoms with Gasteiger partial charge in [0.25, 0.3) is 0 Å². The van der Waals surface area contributed by atoms with Crippen LogP contribution in [0.1, 0.15) is 38.2 Å². The Bertz CT molecular complexity index is 286. The van der Waals surface area contributed by atoms with Gasteiger partial charge in [0.15, 0.2) is 0 Å². The number of rotatable bonds is 10. The van der Waals surface area contributed by atoms with Crippen molar-refractivity contribution in [1.29, 1.82) is 0 Å². The summed E-state index contributed by atoms with van der Waals surface area (Å²) in [4.78, 5) is 0. The molecular formula is C16H27NS. The van der Waals surface area contributed by atoms with E-state index in [0.29, 0.717) is 6.04 Å². The lowest BCUT2D eigenvalue weighted by Crippen LogP contribution is -2.31. The van der Waals surface area contributed by atoms with Crippen molar-refractivity contribution in [1.82, 2.24) is 5.32 Å². The average Bonchev–Trinajstić information content (AvgIpc) is 2.42. The summed E-state index contributed by atoms with van der Waals surface area (Å²) in [5.74, 6) is 1.31. The summed E-state index contributed by atoms with van der Waals surface area (Å²) >= 11 is 1.95. The molecule has 1 aromatic rings. The minimum absolute atomic E-state index is 0.632. The molecule has 0 aliphatic carbocycles. The molecule has 0 amide bonds. The first-order valence-corrected chi connectivity index (χ1v) is 8.52. The Balaban J connectivity index is 2.14. The largest absolute Gasteiger partial charge is 0.314 e. The van der Waals surface area contributed by atoms with E-state index in [1.165, 1.54) is 43.5 Å². The fourth-order valence-corrected chi connectivity index (χ4v) is 2.61. The Hall–Kier alpha value is -0.470. The second-order valence-corrected chi connectivity index (χ2v) is 5.79. The van der Waals surface area contributed by atoms with Crippen molar-refractivity contribution in [2.75, 3.05) is 18.6 Å². The van der Waals surface area contributed by atoms with E-state index in [2.05, 4.69) is 48.8 Å². The van der Waals surface area contributed by atoms with Gasteiger partial charge in [-0.15, -0.1) is 0 Å². The highest BCUT2D eigenvalue weighted by molar-refractivity contribution is 7.98. The Kier molecular flexibility index (Phi) is 9.05. The molecule has 1 N–H and O–H groups in total. The van der Waals surface area contributed by atoms with Crippen LogP contribution in [-0.4, -0.2) is 24.6 Å². The third-order valence-corrected chi connectivity index (χ3v) is 3.97. The maximum Gasteiger partial charge on any atom is 0.0105 e. The van der Waals surface area contributed by atoms with Crippen LogP contribution in [0.2, 0.25) is 0 Å². The zero-order valence-electron chi connectivity index (χ0n) is 11.8. The van der Waals surface area contributed by atoms with Gasteiger partial charge < -0.3 is 5.32 Å². The van der Waals surface area contributed by atoms with E-state index >= 15 is 0 Å². The van der Waals surface area contributed by atoms with Gasteiger partial charge in [-0.2, -0.15) is 11.8 Å². The van der Waals surface area contributed by atoms with Gasteiger partial charge in [0.05, 0.1) is 0 Å². The first-order valence-electron chi connectivity index (χ1n) is 7.13. The maximum atomic E-state index is 3.69. The molecule has 0 saturated carbocycles. The first-order chi connectivity index (χ1) is 8.86. The highest BCUT2D eigenvalue weighted by atomic mass is 32.2. The fraction of sp³-hybridized carbons (Fsp3) is 0.625. The van der Waals surface area contributed by atoms with Crippen LogP contribution in [-0.2, 0) is 6.42 Å². The quantitative estimate of drug-likeness (QED) is 0.638. The van der Waals surface area contributed by atoms with E-state index < -0.39 is 0 Å². The number of thioether (sulfide) groups is 1. The molecule has 1 unspecified atom stereocenters. The lowest BCUT2D eigenvalue weighted by atomic mass is 10.0. The van der Waals surface area contributed by atoms with E-state index in [-0.39, 0.29) is 0 Å². The second-order valence-electron chi connectivity index (χ2n) is 4.80. The third kappa shape index (κ3) is 7.07. The van der Waals surface area contributed by atoms with Crippen molar-refractivity contribution in [3.63, 3.8) is 0 Å². The summed E-state index contributed by atoms with van der Waals surface area (Å²) in [7, 11) is 0. The lowest BCUT2D eigenvalue weighted by Gasteiger charge is -2.17. The monoisotopic (exact) mass is 265 g/mol. The zero-order valence-corrected chi connectivity index (χ0v) is 12.6. The molecule has 1 aromatic carbocycles. The van der Waals surface area contributed by atoms with Gasteiger partial charge >= 0.3 is 0 Å². The van der Waals surface area contributed by atoms with Gasteiger partial charge in [0.2, 0.25) is 0 Å². The molecule has 0 aromatic heterocycles. The Labute approximate surface area is 117 Å². The van der Waals surface area contributed by atoms with Gasteiger partial charge in [-0.3, -0.25) is 0 Å². The van der Waals surface area contributed by atoms with Crippen LogP contribution in [0.5, 0.6) is 0 Å². The first kappa shape index (κ1) is 15.6. The molecule has 0 saturated heterocycles. The third-order valence-electron chi connectivity index (χ3n) is 3.28. The van der Waals surface area contributed by atoms with Crippen molar-refractivity contribution >= 4 is 11.8 Å². The molecule has 102 valence electrons. The molecule has 0 aliphatic rings. The van der Waals surface area contributed by atoms with E-state index in [0.717, 1.165) is 6.42 Å². The maximum absolute atomic E-state index is 3.69. The molecule has 0 heterocycles. The fourth-order valence-electron chi connectivity index (χ4n) is 2.11. The van der Waals surface area contributed by atoms with Crippen LogP contribution < -0.4 is 5.32 Å². The SMILES string of the molecule is CCC(Cc1ccccc1)NCCCCCSC. The van der Waals surface area contributed by atoms with Crippen LogP contribution in [0, 0.1) is 0 Å². The molecule has 0 bridgehead atoms. The lowest BCUT2D eigenvalue weighted by molar-refractivity contribution is 0.482. The smallest absolute Gasteiger partial charge is 0.0105 e. The Morgan fingerprint density at radius 1 is 1.11 bits per heavy atom.